The van der Waals surface area contributed by atoms with Gasteiger partial charge in [0.1, 0.15) is 0 Å². The monoisotopic (exact) mass is 459 g/mol. The summed E-state index contributed by atoms with van der Waals surface area (Å²) in [7, 11) is 1.76. The summed E-state index contributed by atoms with van der Waals surface area (Å²) in [6, 6.07) is 13.8. The fourth-order valence-electron chi connectivity index (χ4n) is 2.96. The summed E-state index contributed by atoms with van der Waals surface area (Å²) in [5.74, 6) is -0.604. The van der Waals surface area contributed by atoms with E-state index in [-0.39, 0.29) is 24.2 Å². The van der Waals surface area contributed by atoms with Crippen LogP contribution < -0.4 is 0 Å². The Morgan fingerprint density at radius 1 is 1.10 bits per heavy atom. The molecule has 1 amide bonds. The van der Waals surface area contributed by atoms with Gasteiger partial charge in [0.2, 0.25) is 0 Å². The number of nitrogens with zero attached hydrogens (tertiary/aromatic N) is 3. The molecule has 0 spiro atoms. The Morgan fingerprint density at radius 2 is 1.77 bits per heavy atom. The molecule has 0 aliphatic heterocycles. The molecule has 8 heteroatoms. The smallest absolute Gasteiger partial charge is 0.358 e. The molecule has 31 heavy (non-hydrogen) atoms. The molecular weight excluding hydrogens is 437 g/mol. The molecule has 0 radical (unpaired) electrons. The Labute approximate surface area is 191 Å². The van der Waals surface area contributed by atoms with Gasteiger partial charge < -0.3 is 9.64 Å². The second-order valence-corrected chi connectivity index (χ2v) is 8.07. The van der Waals surface area contributed by atoms with Gasteiger partial charge in [-0.1, -0.05) is 23.2 Å². The molecule has 0 aliphatic carbocycles. The molecule has 0 N–H and O–H groups in total. The average molecular weight is 460 g/mol. The van der Waals surface area contributed by atoms with E-state index in [1.165, 1.54) is 0 Å². The van der Waals surface area contributed by atoms with E-state index in [1.807, 2.05) is 13.8 Å². The van der Waals surface area contributed by atoms with Gasteiger partial charge in [0.15, 0.2) is 5.69 Å². The van der Waals surface area contributed by atoms with Gasteiger partial charge in [0.25, 0.3) is 5.91 Å². The molecule has 0 atom stereocenters. The average Bonchev–Trinajstić information content (AvgIpc) is 3.18. The Morgan fingerprint density at radius 3 is 2.35 bits per heavy atom. The fourth-order valence-corrected chi connectivity index (χ4v) is 3.46. The van der Waals surface area contributed by atoms with Gasteiger partial charge in [0, 0.05) is 29.2 Å². The van der Waals surface area contributed by atoms with Gasteiger partial charge in [-0.15, -0.1) is 0 Å². The molecule has 1 aromatic heterocycles. The number of carbonyl (C=O) groups excluding carboxylic acids is 2. The molecule has 0 saturated carbocycles. The molecule has 2 aromatic carbocycles. The third-order valence-corrected chi connectivity index (χ3v) is 5.40. The summed E-state index contributed by atoms with van der Waals surface area (Å²) in [5.41, 5.74) is 2.64. The van der Waals surface area contributed by atoms with Gasteiger partial charge in [-0.3, -0.25) is 4.79 Å². The third-order valence-electron chi connectivity index (χ3n) is 4.85. The van der Waals surface area contributed by atoms with Crippen LogP contribution in [0.15, 0.2) is 48.5 Å². The molecule has 0 fully saturated rings. The zero-order valence-corrected chi connectivity index (χ0v) is 19.2. The zero-order chi connectivity index (χ0) is 22.7. The minimum Gasteiger partial charge on any atom is -0.461 e. The van der Waals surface area contributed by atoms with Crippen LogP contribution in [0.1, 0.15) is 41.6 Å². The molecule has 0 aliphatic rings. The summed E-state index contributed by atoms with van der Waals surface area (Å²) in [6.45, 7) is 5.88. The van der Waals surface area contributed by atoms with Crippen LogP contribution in [0.4, 0.5) is 0 Å². The van der Waals surface area contributed by atoms with E-state index in [9.17, 15) is 9.59 Å². The summed E-state index contributed by atoms with van der Waals surface area (Å²) in [4.78, 5) is 26.5. The maximum Gasteiger partial charge on any atom is 0.358 e. The van der Waals surface area contributed by atoms with Gasteiger partial charge in [-0.25, -0.2) is 9.48 Å². The van der Waals surface area contributed by atoms with Crippen molar-refractivity contribution in [2.45, 2.75) is 26.8 Å². The van der Waals surface area contributed by atoms with Crippen LogP contribution >= 0.6 is 23.2 Å². The highest BCUT2D eigenvalue weighted by atomic mass is 35.5. The van der Waals surface area contributed by atoms with Crippen molar-refractivity contribution in [2.75, 3.05) is 13.7 Å². The van der Waals surface area contributed by atoms with Crippen LogP contribution in [0.3, 0.4) is 0 Å². The van der Waals surface area contributed by atoms with Crippen LogP contribution in [-0.2, 0) is 4.74 Å². The number of ether oxygens (including phenoxy) is 1. The molecule has 0 unspecified atom stereocenters. The van der Waals surface area contributed by atoms with Crippen molar-refractivity contribution >= 4 is 35.1 Å². The third kappa shape index (κ3) is 4.92. The Hall–Kier alpha value is -2.83. The fraction of sp³-hybridized carbons (Fsp3) is 0.261. The van der Waals surface area contributed by atoms with Gasteiger partial charge in [-0.05, 0) is 69.3 Å². The van der Waals surface area contributed by atoms with E-state index in [4.69, 9.17) is 27.9 Å². The summed E-state index contributed by atoms with van der Waals surface area (Å²) in [6.07, 6.45) is 0. The number of esters is 1. The molecule has 0 saturated heterocycles. The highest BCUT2D eigenvalue weighted by molar-refractivity contribution is 6.36. The van der Waals surface area contributed by atoms with Crippen molar-refractivity contribution in [2.24, 2.45) is 0 Å². The second-order valence-electron chi connectivity index (χ2n) is 7.23. The first-order valence-corrected chi connectivity index (χ1v) is 10.6. The quantitative estimate of drug-likeness (QED) is 0.456. The van der Waals surface area contributed by atoms with Crippen molar-refractivity contribution in [3.05, 3.63) is 69.8 Å². The van der Waals surface area contributed by atoms with Crippen molar-refractivity contribution < 1.29 is 14.3 Å². The van der Waals surface area contributed by atoms with Gasteiger partial charge in [0.05, 0.1) is 23.0 Å². The Kier molecular flexibility index (Phi) is 7.03. The van der Waals surface area contributed by atoms with Crippen molar-refractivity contribution in [1.82, 2.24) is 14.7 Å². The number of halogens is 2. The summed E-state index contributed by atoms with van der Waals surface area (Å²) < 4.78 is 6.70. The predicted octanol–water partition coefficient (Wildman–Crippen LogP) is 5.50. The molecule has 3 rings (SSSR count). The maximum atomic E-state index is 12.6. The van der Waals surface area contributed by atoms with Crippen LogP contribution in [0.2, 0.25) is 10.0 Å². The van der Waals surface area contributed by atoms with Crippen LogP contribution in [0.5, 0.6) is 0 Å². The lowest BCUT2D eigenvalue weighted by molar-refractivity contribution is 0.0518. The number of benzene rings is 2. The lowest BCUT2D eigenvalue weighted by Gasteiger charge is -2.21. The number of aromatic nitrogens is 2. The maximum absolute atomic E-state index is 12.6. The van der Waals surface area contributed by atoms with E-state index in [0.29, 0.717) is 32.6 Å². The Balaban J connectivity index is 2.07. The van der Waals surface area contributed by atoms with Crippen LogP contribution in [-0.4, -0.2) is 46.3 Å². The molecule has 0 bridgehead atoms. The minimum atomic E-state index is -0.530. The van der Waals surface area contributed by atoms with E-state index in [0.717, 1.165) is 0 Å². The number of hydrogen-bond donors (Lipinski definition) is 0. The standard InChI is InChI=1S/C23H23Cl2N3O3/c1-5-31-23(30)20-13-21(18-11-8-16(24)12-19(18)25)28(26-20)17-9-6-15(7-10-17)22(29)27(4)14(2)3/h6-14H,5H2,1-4H3. The number of hydrogen-bond acceptors (Lipinski definition) is 4. The Bertz CT molecular complexity index is 1110. The van der Waals surface area contributed by atoms with Gasteiger partial charge >= 0.3 is 5.97 Å². The molecule has 6 nitrogen and oxygen atoms in total. The highest BCUT2D eigenvalue weighted by Gasteiger charge is 2.20. The first-order valence-electron chi connectivity index (χ1n) is 9.83. The van der Waals surface area contributed by atoms with Crippen LogP contribution in [0.25, 0.3) is 16.9 Å². The highest BCUT2D eigenvalue weighted by Crippen LogP contribution is 2.32. The van der Waals surface area contributed by atoms with E-state index >= 15 is 0 Å². The normalized spacial score (nSPS) is 10.9. The van der Waals surface area contributed by atoms with Crippen molar-refractivity contribution in [3.63, 3.8) is 0 Å². The lowest BCUT2D eigenvalue weighted by atomic mass is 10.1. The number of carbonyl (C=O) groups is 2. The van der Waals surface area contributed by atoms with E-state index in [2.05, 4.69) is 5.10 Å². The van der Waals surface area contributed by atoms with E-state index < -0.39 is 5.97 Å². The number of amides is 1. The van der Waals surface area contributed by atoms with E-state index in [1.54, 1.807) is 72.1 Å². The topological polar surface area (TPSA) is 64.4 Å². The van der Waals surface area contributed by atoms with Gasteiger partial charge in [-0.2, -0.15) is 5.10 Å². The van der Waals surface area contributed by atoms with Crippen molar-refractivity contribution in [3.8, 4) is 16.9 Å². The summed E-state index contributed by atoms with van der Waals surface area (Å²) >= 11 is 12.4. The molecule has 1 heterocycles. The SMILES string of the molecule is CCOC(=O)c1cc(-c2ccc(Cl)cc2Cl)n(-c2ccc(C(=O)N(C)C(C)C)cc2)n1. The van der Waals surface area contributed by atoms with Crippen molar-refractivity contribution in [1.29, 1.82) is 0 Å². The molecular formula is C23H23Cl2N3O3. The summed E-state index contributed by atoms with van der Waals surface area (Å²) in [5, 5.41) is 5.36. The predicted molar refractivity (Wildman–Crippen MR) is 122 cm³/mol. The zero-order valence-electron chi connectivity index (χ0n) is 17.7. The minimum absolute atomic E-state index is 0.0739. The molecule has 162 valence electrons. The number of rotatable bonds is 6. The second kappa shape index (κ2) is 9.54. The first kappa shape index (κ1) is 22.8. The van der Waals surface area contributed by atoms with Crippen LogP contribution in [0, 0.1) is 0 Å². The molecule has 3 aromatic rings. The first-order chi connectivity index (χ1) is 14.7. The largest absolute Gasteiger partial charge is 0.461 e. The lowest BCUT2D eigenvalue weighted by Crippen LogP contribution is -2.32.